The van der Waals surface area contributed by atoms with Gasteiger partial charge in [0.25, 0.3) is 10.0 Å². The number of carbonyl (C=O) groups is 1. The molecule has 4 rings (SSSR count). The van der Waals surface area contributed by atoms with Crippen molar-refractivity contribution in [3.05, 3.63) is 76.1 Å². The SMILES string of the molecule is Cc1cc2c(n1-c1ccc(NS(=O)(=O)c3ccc(C(F)(F)F)cc3Cl)cc1)CC(C)(C)CC2=O. The summed E-state index contributed by atoms with van der Waals surface area (Å²) in [5.41, 5.74) is 2.30. The summed E-state index contributed by atoms with van der Waals surface area (Å²) in [6.07, 6.45) is -3.43. The van der Waals surface area contributed by atoms with E-state index in [1.165, 1.54) is 0 Å². The van der Waals surface area contributed by atoms with Crippen LogP contribution in [0.3, 0.4) is 0 Å². The Morgan fingerprint density at radius 1 is 1.03 bits per heavy atom. The molecule has 3 aromatic rings. The lowest BCUT2D eigenvalue weighted by Gasteiger charge is -2.30. The van der Waals surface area contributed by atoms with Crippen LogP contribution in [-0.4, -0.2) is 18.8 Å². The quantitative estimate of drug-likeness (QED) is 0.440. The highest BCUT2D eigenvalue weighted by atomic mass is 35.5. The van der Waals surface area contributed by atoms with Gasteiger partial charge in [0.15, 0.2) is 5.78 Å². The first kappa shape index (κ1) is 24.3. The van der Waals surface area contributed by atoms with Gasteiger partial charge in [0.1, 0.15) is 4.90 Å². The third-order valence-corrected chi connectivity index (χ3v) is 7.66. The summed E-state index contributed by atoms with van der Waals surface area (Å²) >= 11 is 5.85. The van der Waals surface area contributed by atoms with Crippen molar-refractivity contribution in [2.24, 2.45) is 5.41 Å². The van der Waals surface area contributed by atoms with Crippen molar-refractivity contribution >= 4 is 33.1 Å². The van der Waals surface area contributed by atoms with Crippen LogP contribution >= 0.6 is 11.6 Å². The molecule has 0 unspecified atom stereocenters. The molecule has 0 radical (unpaired) electrons. The van der Waals surface area contributed by atoms with Crippen LogP contribution in [0, 0.1) is 12.3 Å². The number of alkyl halides is 3. The number of nitrogens with one attached hydrogen (secondary N) is 1. The first-order valence-electron chi connectivity index (χ1n) is 10.4. The molecule has 10 heteroatoms. The number of rotatable bonds is 4. The zero-order valence-electron chi connectivity index (χ0n) is 18.6. The van der Waals surface area contributed by atoms with Crippen LogP contribution in [0.25, 0.3) is 5.69 Å². The molecule has 34 heavy (non-hydrogen) atoms. The number of fused-ring (bicyclic) bond motifs is 1. The first-order valence-corrected chi connectivity index (χ1v) is 12.3. The number of hydrogen-bond donors (Lipinski definition) is 1. The maximum absolute atomic E-state index is 12.9. The number of nitrogens with zero attached hydrogens (tertiary/aromatic N) is 1. The summed E-state index contributed by atoms with van der Waals surface area (Å²) in [7, 11) is -4.22. The van der Waals surface area contributed by atoms with Crippen LogP contribution < -0.4 is 4.72 Å². The number of Topliss-reactive ketones (excluding diaryl/α,β-unsaturated/α-hetero) is 1. The predicted molar refractivity (Wildman–Crippen MR) is 124 cm³/mol. The highest BCUT2D eigenvalue weighted by Gasteiger charge is 2.34. The third-order valence-electron chi connectivity index (χ3n) is 5.80. The van der Waals surface area contributed by atoms with Crippen LogP contribution in [0.2, 0.25) is 5.02 Å². The van der Waals surface area contributed by atoms with Crippen molar-refractivity contribution in [2.45, 2.75) is 44.7 Å². The topological polar surface area (TPSA) is 68.2 Å². The van der Waals surface area contributed by atoms with Crippen LogP contribution in [0.5, 0.6) is 0 Å². The molecule has 1 aromatic heterocycles. The lowest BCUT2D eigenvalue weighted by atomic mass is 9.76. The number of halogens is 4. The van der Waals surface area contributed by atoms with Crippen LogP contribution in [0.4, 0.5) is 18.9 Å². The van der Waals surface area contributed by atoms with Crippen LogP contribution in [0.1, 0.15) is 47.6 Å². The van der Waals surface area contributed by atoms with Crippen LogP contribution in [-0.2, 0) is 22.6 Å². The normalized spacial score (nSPS) is 15.8. The molecule has 1 heterocycles. The minimum absolute atomic E-state index is 0.103. The van der Waals surface area contributed by atoms with Crippen LogP contribution in [0.15, 0.2) is 53.4 Å². The molecule has 5 nitrogen and oxygen atoms in total. The van der Waals surface area contributed by atoms with E-state index in [1.807, 2.05) is 31.4 Å². The molecule has 2 aromatic carbocycles. The average molecular weight is 511 g/mol. The minimum Gasteiger partial charge on any atom is -0.317 e. The zero-order valence-corrected chi connectivity index (χ0v) is 20.2. The van der Waals surface area contributed by atoms with Crippen molar-refractivity contribution in [3.8, 4) is 5.69 Å². The maximum atomic E-state index is 12.9. The number of hydrogen-bond acceptors (Lipinski definition) is 3. The van der Waals surface area contributed by atoms with E-state index >= 15 is 0 Å². The van der Waals surface area contributed by atoms with Gasteiger partial charge in [-0.15, -0.1) is 0 Å². The number of aryl methyl sites for hydroxylation is 1. The molecule has 1 N–H and O–H groups in total. The molecule has 0 atom stereocenters. The zero-order chi connectivity index (χ0) is 25.1. The Hall–Kier alpha value is -2.78. The second kappa shape index (κ2) is 8.16. The van der Waals surface area contributed by atoms with Crippen molar-refractivity contribution < 1.29 is 26.4 Å². The van der Waals surface area contributed by atoms with Gasteiger partial charge >= 0.3 is 6.18 Å². The van der Waals surface area contributed by atoms with E-state index in [4.69, 9.17) is 11.6 Å². The van der Waals surface area contributed by atoms with E-state index in [0.29, 0.717) is 24.1 Å². The molecule has 180 valence electrons. The standard InChI is InChI=1S/C24H22ClF3N2O3S/c1-14-10-18-20(12-23(2,3)13-21(18)31)30(14)17-7-5-16(6-8-17)29-34(32,33)22-9-4-15(11-19(22)25)24(26,27)28/h4-11,29H,12-13H2,1-3H3. The fourth-order valence-electron chi connectivity index (χ4n) is 4.29. The predicted octanol–water partition coefficient (Wildman–Crippen LogP) is 6.41. The van der Waals surface area contributed by atoms with E-state index in [0.717, 1.165) is 29.6 Å². The second-order valence-corrected chi connectivity index (χ2v) is 11.3. The summed E-state index contributed by atoms with van der Waals surface area (Å²) in [5.74, 6) is 0.103. The summed E-state index contributed by atoms with van der Waals surface area (Å²) in [4.78, 5) is 12.1. The van der Waals surface area contributed by atoms with Gasteiger partial charge < -0.3 is 4.57 Å². The van der Waals surface area contributed by atoms with Crippen molar-refractivity contribution in [1.82, 2.24) is 4.57 Å². The third kappa shape index (κ3) is 4.59. The number of carbonyl (C=O) groups excluding carboxylic acids is 1. The Morgan fingerprint density at radius 2 is 1.68 bits per heavy atom. The molecular weight excluding hydrogens is 489 g/mol. The highest BCUT2D eigenvalue weighted by molar-refractivity contribution is 7.92. The monoisotopic (exact) mass is 510 g/mol. The van der Waals surface area contributed by atoms with Gasteiger partial charge in [-0.1, -0.05) is 25.4 Å². The lowest BCUT2D eigenvalue weighted by molar-refractivity contribution is -0.137. The molecule has 0 bridgehead atoms. The summed E-state index contributed by atoms with van der Waals surface area (Å²) < 4.78 is 68.3. The maximum Gasteiger partial charge on any atom is 0.416 e. The number of benzene rings is 2. The summed E-state index contributed by atoms with van der Waals surface area (Å²) in [5, 5.41) is -0.527. The van der Waals surface area contributed by atoms with Crippen molar-refractivity contribution in [2.75, 3.05) is 4.72 Å². The largest absolute Gasteiger partial charge is 0.416 e. The van der Waals surface area contributed by atoms with Crippen molar-refractivity contribution in [3.63, 3.8) is 0 Å². The molecule has 1 aliphatic carbocycles. The van der Waals surface area contributed by atoms with Gasteiger partial charge in [0.05, 0.1) is 10.6 Å². The second-order valence-electron chi connectivity index (χ2n) is 9.22. The summed E-state index contributed by atoms with van der Waals surface area (Å²) in [6.45, 7) is 6.00. The molecule has 0 saturated carbocycles. The van der Waals surface area contributed by atoms with E-state index in [-0.39, 0.29) is 16.9 Å². The Bertz CT molecular complexity index is 1390. The van der Waals surface area contributed by atoms with E-state index in [2.05, 4.69) is 4.72 Å². The molecule has 0 fully saturated rings. The number of sulfonamides is 1. The van der Waals surface area contributed by atoms with E-state index in [1.54, 1.807) is 24.3 Å². The number of aromatic nitrogens is 1. The highest BCUT2D eigenvalue weighted by Crippen LogP contribution is 2.38. The van der Waals surface area contributed by atoms with Gasteiger partial charge in [-0.3, -0.25) is 9.52 Å². The molecule has 0 spiro atoms. The minimum atomic E-state index is -4.63. The molecule has 0 amide bonds. The van der Waals surface area contributed by atoms with Gasteiger partial charge in [0.2, 0.25) is 0 Å². The lowest BCUT2D eigenvalue weighted by Crippen LogP contribution is -2.27. The van der Waals surface area contributed by atoms with E-state index in [9.17, 15) is 26.4 Å². The molecule has 1 aliphatic rings. The Kier molecular flexibility index (Phi) is 5.85. The Balaban J connectivity index is 1.62. The van der Waals surface area contributed by atoms with Gasteiger partial charge in [-0.2, -0.15) is 13.2 Å². The Labute approximate surface area is 200 Å². The van der Waals surface area contributed by atoms with Gasteiger partial charge in [0, 0.05) is 34.7 Å². The molecule has 0 saturated heterocycles. The smallest absolute Gasteiger partial charge is 0.317 e. The average Bonchev–Trinajstić information content (AvgIpc) is 3.02. The molecule has 0 aliphatic heterocycles. The number of anilines is 1. The number of ketones is 1. The Morgan fingerprint density at radius 3 is 2.26 bits per heavy atom. The van der Waals surface area contributed by atoms with Crippen molar-refractivity contribution in [1.29, 1.82) is 0 Å². The fraction of sp³-hybridized carbons (Fsp3) is 0.292. The summed E-state index contributed by atoms with van der Waals surface area (Å²) in [6, 6.07) is 10.5. The fourth-order valence-corrected chi connectivity index (χ4v) is 5.90. The first-order chi connectivity index (χ1) is 15.7. The molecular formula is C24H22ClF3N2O3S. The van der Waals surface area contributed by atoms with E-state index < -0.39 is 31.7 Å². The van der Waals surface area contributed by atoms with Gasteiger partial charge in [-0.05, 0) is 67.3 Å². The van der Waals surface area contributed by atoms with Gasteiger partial charge in [-0.25, -0.2) is 8.42 Å².